The molecular formula is C18H20N2O6. The van der Waals surface area contributed by atoms with Crippen LogP contribution in [0.2, 0.25) is 0 Å². The molecule has 1 unspecified atom stereocenters. The Balaban J connectivity index is 1.85. The number of fused-ring (bicyclic) bond motifs is 1. The fourth-order valence-electron chi connectivity index (χ4n) is 2.92. The second kappa shape index (κ2) is 6.44. The average Bonchev–Trinajstić information content (AvgIpc) is 3.08. The predicted molar refractivity (Wildman–Crippen MR) is 89.8 cm³/mol. The largest absolute Gasteiger partial charge is 0.443 e. The standard InChI is InChI=1S/C18H20N2O6/c1-18(2,3)25-17(24)19-12-7-5-4-6-11(12)10-13(19)16(23)26-20-14(21)8-9-15(20)22/h4-7,13H,8-10H2,1-3H3. The third kappa shape index (κ3) is 3.40. The highest BCUT2D eigenvalue weighted by molar-refractivity contribution is 6.03. The van der Waals surface area contributed by atoms with E-state index < -0.39 is 35.5 Å². The topological polar surface area (TPSA) is 93.2 Å². The summed E-state index contributed by atoms with van der Waals surface area (Å²) in [5.74, 6) is -1.99. The number of rotatable bonds is 2. The van der Waals surface area contributed by atoms with Crippen LogP contribution in [0.4, 0.5) is 10.5 Å². The Morgan fingerprint density at radius 3 is 2.31 bits per heavy atom. The number of imide groups is 1. The molecule has 3 amide bonds. The molecule has 8 nitrogen and oxygen atoms in total. The lowest BCUT2D eigenvalue weighted by Gasteiger charge is -2.28. The van der Waals surface area contributed by atoms with Crippen molar-refractivity contribution in [2.24, 2.45) is 0 Å². The molecule has 0 aliphatic carbocycles. The summed E-state index contributed by atoms with van der Waals surface area (Å²) in [6, 6.07) is 6.04. The van der Waals surface area contributed by atoms with E-state index in [9.17, 15) is 19.2 Å². The van der Waals surface area contributed by atoms with Crippen molar-refractivity contribution >= 4 is 29.6 Å². The van der Waals surface area contributed by atoms with Crippen LogP contribution in [0.1, 0.15) is 39.2 Å². The number of nitrogens with zero attached hydrogens (tertiary/aromatic N) is 2. The molecule has 1 aromatic rings. The number of ether oxygens (including phenoxy) is 1. The van der Waals surface area contributed by atoms with Gasteiger partial charge in [0.2, 0.25) is 0 Å². The summed E-state index contributed by atoms with van der Waals surface area (Å²) in [6.45, 7) is 5.17. The summed E-state index contributed by atoms with van der Waals surface area (Å²) in [5, 5.41) is 0.485. The van der Waals surface area contributed by atoms with E-state index in [0.29, 0.717) is 10.8 Å². The fourth-order valence-corrected chi connectivity index (χ4v) is 2.92. The number of hydrogen-bond donors (Lipinski definition) is 0. The lowest BCUT2D eigenvalue weighted by Crippen LogP contribution is -2.48. The minimum atomic E-state index is -1.01. The molecule has 138 valence electrons. The van der Waals surface area contributed by atoms with Gasteiger partial charge in [-0.15, -0.1) is 5.06 Å². The summed E-state index contributed by atoms with van der Waals surface area (Å²) in [6.07, 6.45) is -0.465. The van der Waals surface area contributed by atoms with Gasteiger partial charge in [-0.25, -0.2) is 9.59 Å². The smallest absolute Gasteiger partial charge is 0.415 e. The first kappa shape index (κ1) is 17.9. The Morgan fingerprint density at radius 1 is 1.08 bits per heavy atom. The van der Waals surface area contributed by atoms with Crippen LogP contribution in [0.15, 0.2) is 24.3 Å². The zero-order chi connectivity index (χ0) is 19.1. The highest BCUT2D eigenvalue weighted by Gasteiger charge is 2.44. The van der Waals surface area contributed by atoms with Crippen LogP contribution in [0.25, 0.3) is 0 Å². The van der Waals surface area contributed by atoms with Gasteiger partial charge in [0, 0.05) is 19.3 Å². The molecule has 2 heterocycles. The summed E-state index contributed by atoms with van der Waals surface area (Å²) in [7, 11) is 0. The zero-order valence-electron chi connectivity index (χ0n) is 14.9. The van der Waals surface area contributed by atoms with E-state index >= 15 is 0 Å². The lowest BCUT2D eigenvalue weighted by molar-refractivity contribution is -0.198. The Kier molecular flexibility index (Phi) is 4.43. The van der Waals surface area contributed by atoms with Crippen molar-refractivity contribution in [3.8, 4) is 0 Å². The predicted octanol–water partition coefficient (Wildman–Crippen LogP) is 1.96. The molecule has 1 aromatic carbocycles. The molecule has 26 heavy (non-hydrogen) atoms. The van der Waals surface area contributed by atoms with Crippen LogP contribution in [-0.2, 0) is 30.4 Å². The second-order valence-electron chi connectivity index (χ2n) is 7.19. The lowest BCUT2D eigenvalue weighted by atomic mass is 10.1. The Hall–Kier alpha value is -2.90. The molecule has 0 aromatic heterocycles. The van der Waals surface area contributed by atoms with Gasteiger partial charge < -0.3 is 9.57 Å². The number of amides is 3. The fraction of sp³-hybridized carbons (Fsp3) is 0.444. The van der Waals surface area contributed by atoms with E-state index in [-0.39, 0.29) is 19.3 Å². The Bertz CT molecular complexity index is 766. The normalized spacial score (nSPS) is 19.6. The molecule has 0 N–H and O–H groups in total. The minimum Gasteiger partial charge on any atom is -0.443 e. The van der Waals surface area contributed by atoms with Crippen LogP contribution in [-0.4, -0.2) is 40.6 Å². The molecule has 2 aliphatic rings. The number of carbonyl (C=O) groups is 4. The van der Waals surface area contributed by atoms with Gasteiger partial charge in [0.1, 0.15) is 11.6 Å². The van der Waals surface area contributed by atoms with Crippen molar-refractivity contribution in [2.45, 2.75) is 51.7 Å². The SMILES string of the molecule is CC(C)(C)OC(=O)N1c2ccccc2CC1C(=O)ON1C(=O)CCC1=O. The first-order chi connectivity index (χ1) is 12.2. The van der Waals surface area contributed by atoms with E-state index in [1.165, 1.54) is 4.90 Å². The number of para-hydroxylation sites is 1. The summed E-state index contributed by atoms with van der Waals surface area (Å²) >= 11 is 0. The quantitative estimate of drug-likeness (QED) is 0.749. The minimum absolute atomic E-state index is 0.00673. The van der Waals surface area contributed by atoms with E-state index in [2.05, 4.69) is 0 Å². The average molecular weight is 360 g/mol. The van der Waals surface area contributed by atoms with E-state index in [0.717, 1.165) is 5.56 Å². The molecule has 1 fully saturated rings. The van der Waals surface area contributed by atoms with Gasteiger partial charge in [0.05, 0.1) is 5.69 Å². The van der Waals surface area contributed by atoms with Crippen molar-refractivity contribution in [1.82, 2.24) is 5.06 Å². The molecular weight excluding hydrogens is 340 g/mol. The Labute approximate surface area is 150 Å². The van der Waals surface area contributed by atoms with Crippen LogP contribution >= 0.6 is 0 Å². The van der Waals surface area contributed by atoms with Crippen molar-refractivity contribution in [2.75, 3.05) is 4.90 Å². The highest BCUT2D eigenvalue weighted by atomic mass is 16.7. The monoisotopic (exact) mass is 360 g/mol. The number of benzene rings is 1. The highest BCUT2D eigenvalue weighted by Crippen LogP contribution is 2.34. The first-order valence-electron chi connectivity index (χ1n) is 8.35. The van der Waals surface area contributed by atoms with Crippen molar-refractivity contribution < 1.29 is 28.8 Å². The van der Waals surface area contributed by atoms with Crippen LogP contribution in [0, 0.1) is 0 Å². The van der Waals surface area contributed by atoms with Gasteiger partial charge in [-0.2, -0.15) is 0 Å². The van der Waals surface area contributed by atoms with Gasteiger partial charge in [-0.05, 0) is 32.4 Å². The maximum atomic E-state index is 12.7. The van der Waals surface area contributed by atoms with Crippen LogP contribution in [0.5, 0.6) is 0 Å². The van der Waals surface area contributed by atoms with E-state index in [4.69, 9.17) is 9.57 Å². The molecule has 1 atom stereocenters. The van der Waals surface area contributed by atoms with Gasteiger partial charge in [0.25, 0.3) is 11.8 Å². The van der Waals surface area contributed by atoms with Crippen molar-refractivity contribution in [1.29, 1.82) is 0 Å². The van der Waals surface area contributed by atoms with E-state index in [1.54, 1.807) is 45.0 Å². The molecule has 1 saturated heterocycles. The molecule has 8 heteroatoms. The van der Waals surface area contributed by atoms with Crippen molar-refractivity contribution in [3.05, 3.63) is 29.8 Å². The van der Waals surface area contributed by atoms with Crippen LogP contribution in [0.3, 0.4) is 0 Å². The maximum Gasteiger partial charge on any atom is 0.415 e. The number of hydrogen-bond acceptors (Lipinski definition) is 6. The molecule has 3 rings (SSSR count). The van der Waals surface area contributed by atoms with Crippen LogP contribution < -0.4 is 4.90 Å². The van der Waals surface area contributed by atoms with Gasteiger partial charge >= 0.3 is 12.1 Å². The molecule has 0 spiro atoms. The summed E-state index contributed by atoms with van der Waals surface area (Å²) in [5.41, 5.74) is 0.575. The first-order valence-corrected chi connectivity index (χ1v) is 8.35. The molecule has 0 saturated carbocycles. The maximum absolute atomic E-state index is 12.7. The number of anilines is 1. The molecule has 0 bridgehead atoms. The van der Waals surface area contributed by atoms with E-state index in [1.807, 2.05) is 0 Å². The zero-order valence-corrected chi connectivity index (χ0v) is 14.9. The number of hydroxylamine groups is 2. The van der Waals surface area contributed by atoms with Gasteiger partial charge in [-0.3, -0.25) is 14.5 Å². The Morgan fingerprint density at radius 2 is 1.69 bits per heavy atom. The second-order valence-corrected chi connectivity index (χ2v) is 7.19. The summed E-state index contributed by atoms with van der Waals surface area (Å²) < 4.78 is 5.40. The molecule has 0 radical (unpaired) electrons. The van der Waals surface area contributed by atoms with Crippen molar-refractivity contribution in [3.63, 3.8) is 0 Å². The summed E-state index contributed by atoms with van der Waals surface area (Å²) in [4.78, 5) is 54.9. The number of carbonyl (C=O) groups excluding carboxylic acids is 4. The molecule has 2 aliphatic heterocycles. The third-order valence-corrected chi connectivity index (χ3v) is 4.03. The van der Waals surface area contributed by atoms with Gasteiger partial charge in [-0.1, -0.05) is 18.2 Å². The van der Waals surface area contributed by atoms with Gasteiger partial charge in [0.15, 0.2) is 0 Å². The third-order valence-electron chi connectivity index (χ3n) is 4.03.